The van der Waals surface area contributed by atoms with Crippen LogP contribution in [0.4, 0.5) is 0 Å². The Bertz CT molecular complexity index is 934. The van der Waals surface area contributed by atoms with Crippen molar-refractivity contribution in [1.82, 2.24) is 5.01 Å². The highest BCUT2D eigenvalue weighted by Gasteiger charge is 2.33. The molecule has 0 fully saturated rings. The van der Waals surface area contributed by atoms with E-state index in [1.54, 1.807) is 14.0 Å². The standard InChI is InChI=1S/C16H18N4O4S/c1-9-10(15(21)11-8-18-20(2)16(11)17)4-5-13(25(3,22)23)14(9)12-6-7-24-19-12/h4-5,8,11,17H,6-7H2,1-3H3. The number of rotatable bonds is 4. The van der Waals surface area contributed by atoms with Crippen molar-refractivity contribution < 1.29 is 18.0 Å². The quantitative estimate of drug-likeness (QED) is 0.810. The van der Waals surface area contributed by atoms with Crippen LogP contribution in [-0.4, -0.2) is 56.9 Å². The maximum atomic E-state index is 12.9. The number of carbonyl (C=O) groups excluding carboxylic acids is 1. The van der Waals surface area contributed by atoms with Gasteiger partial charge in [-0.25, -0.2) is 8.42 Å². The summed E-state index contributed by atoms with van der Waals surface area (Å²) >= 11 is 0. The zero-order valence-corrected chi connectivity index (χ0v) is 14.9. The third kappa shape index (κ3) is 2.95. The molecule has 2 heterocycles. The van der Waals surface area contributed by atoms with E-state index in [1.165, 1.54) is 23.4 Å². The van der Waals surface area contributed by atoms with Crippen molar-refractivity contribution in [3.8, 4) is 0 Å². The molecule has 9 heteroatoms. The van der Waals surface area contributed by atoms with Crippen LogP contribution < -0.4 is 0 Å². The third-order valence-corrected chi connectivity index (χ3v) is 5.44. The summed E-state index contributed by atoms with van der Waals surface area (Å²) < 4.78 is 24.3. The van der Waals surface area contributed by atoms with E-state index < -0.39 is 15.8 Å². The molecule has 1 unspecified atom stereocenters. The first-order chi connectivity index (χ1) is 11.7. The average molecular weight is 362 g/mol. The predicted octanol–water partition coefficient (Wildman–Crippen LogP) is 1.23. The topological polar surface area (TPSA) is 112 Å². The molecule has 0 saturated carbocycles. The number of nitrogens with zero attached hydrogens (tertiary/aromatic N) is 3. The normalized spacial score (nSPS) is 20.0. The van der Waals surface area contributed by atoms with Crippen LogP contribution in [0, 0.1) is 18.3 Å². The minimum Gasteiger partial charge on any atom is -0.395 e. The lowest BCUT2D eigenvalue weighted by molar-refractivity contribution is 0.0978. The van der Waals surface area contributed by atoms with Crippen LogP contribution in [0.25, 0.3) is 0 Å². The van der Waals surface area contributed by atoms with Gasteiger partial charge in [0.05, 0.1) is 10.6 Å². The maximum absolute atomic E-state index is 12.9. The van der Waals surface area contributed by atoms with Crippen molar-refractivity contribution >= 4 is 33.4 Å². The Morgan fingerprint density at radius 1 is 1.40 bits per heavy atom. The lowest BCUT2D eigenvalue weighted by Gasteiger charge is -2.16. The predicted molar refractivity (Wildman–Crippen MR) is 93.2 cm³/mol. The number of oxime groups is 1. The summed E-state index contributed by atoms with van der Waals surface area (Å²) in [6, 6.07) is 2.92. The van der Waals surface area contributed by atoms with E-state index in [0.717, 1.165) is 6.26 Å². The second-order valence-corrected chi connectivity index (χ2v) is 8.00. The molecule has 25 heavy (non-hydrogen) atoms. The number of sulfone groups is 1. The van der Waals surface area contributed by atoms with Crippen LogP contribution >= 0.6 is 0 Å². The zero-order valence-electron chi connectivity index (χ0n) is 14.1. The zero-order chi connectivity index (χ0) is 18.4. The molecule has 132 valence electrons. The first kappa shape index (κ1) is 17.3. The number of amidine groups is 1. The summed E-state index contributed by atoms with van der Waals surface area (Å²) in [6.45, 7) is 2.07. The van der Waals surface area contributed by atoms with Gasteiger partial charge in [0.25, 0.3) is 0 Å². The SMILES string of the molecule is Cc1c(C(=O)C2C=NN(C)C2=N)ccc(S(C)(=O)=O)c1C1=NOCC1. The fraction of sp³-hybridized carbons (Fsp3) is 0.375. The van der Waals surface area contributed by atoms with Crippen molar-refractivity contribution in [2.45, 2.75) is 18.2 Å². The minimum atomic E-state index is -3.50. The lowest BCUT2D eigenvalue weighted by Crippen LogP contribution is -2.29. The molecular formula is C16H18N4O4S. The Balaban J connectivity index is 2.14. The van der Waals surface area contributed by atoms with Gasteiger partial charge in [0, 0.05) is 37.1 Å². The molecule has 8 nitrogen and oxygen atoms in total. The van der Waals surface area contributed by atoms with Gasteiger partial charge in [0.15, 0.2) is 15.6 Å². The lowest BCUT2D eigenvalue weighted by atomic mass is 9.90. The van der Waals surface area contributed by atoms with E-state index in [-0.39, 0.29) is 16.5 Å². The fourth-order valence-electron chi connectivity index (χ4n) is 2.96. The van der Waals surface area contributed by atoms with Gasteiger partial charge in [-0.05, 0) is 24.6 Å². The molecule has 0 saturated heterocycles. The van der Waals surface area contributed by atoms with Crippen LogP contribution in [-0.2, 0) is 14.7 Å². The first-order valence-corrected chi connectivity index (χ1v) is 9.54. The molecule has 1 aromatic rings. The Hall–Kier alpha value is -2.55. The van der Waals surface area contributed by atoms with E-state index in [0.29, 0.717) is 35.4 Å². The number of Topliss-reactive ketones (excluding diaryl/α,β-unsaturated/α-hetero) is 1. The molecule has 2 aliphatic rings. The molecule has 0 spiro atoms. The molecular weight excluding hydrogens is 344 g/mol. The Labute approximate surface area is 145 Å². The molecule has 0 radical (unpaired) electrons. The molecule has 0 aromatic heterocycles. The highest BCUT2D eigenvalue weighted by Crippen LogP contribution is 2.28. The van der Waals surface area contributed by atoms with Gasteiger partial charge in [-0.2, -0.15) is 5.10 Å². The van der Waals surface area contributed by atoms with Gasteiger partial charge in [-0.1, -0.05) is 5.16 Å². The van der Waals surface area contributed by atoms with Gasteiger partial charge in [0.2, 0.25) is 0 Å². The number of benzene rings is 1. The third-order valence-electron chi connectivity index (χ3n) is 4.30. The van der Waals surface area contributed by atoms with Crippen molar-refractivity contribution in [2.24, 2.45) is 16.2 Å². The average Bonchev–Trinajstić information content (AvgIpc) is 3.17. The van der Waals surface area contributed by atoms with E-state index in [4.69, 9.17) is 10.2 Å². The summed E-state index contributed by atoms with van der Waals surface area (Å²) in [4.78, 5) is 18.0. The molecule has 2 aliphatic heterocycles. The molecule has 1 atom stereocenters. The number of hydrogen-bond donors (Lipinski definition) is 1. The highest BCUT2D eigenvalue weighted by molar-refractivity contribution is 7.90. The monoisotopic (exact) mass is 362 g/mol. The van der Waals surface area contributed by atoms with E-state index in [9.17, 15) is 13.2 Å². The number of hydrazone groups is 1. The van der Waals surface area contributed by atoms with Crippen molar-refractivity contribution in [3.63, 3.8) is 0 Å². The van der Waals surface area contributed by atoms with Crippen molar-refractivity contribution in [2.75, 3.05) is 19.9 Å². The first-order valence-electron chi connectivity index (χ1n) is 7.65. The van der Waals surface area contributed by atoms with E-state index in [2.05, 4.69) is 10.3 Å². The number of ketones is 1. The summed E-state index contributed by atoms with van der Waals surface area (Å²) in [6.07, 6.45) is 3.02. The molecule has 1 N–H and O–H groups in total. The van der Waals surface area contributed by atoms with E-state index in [1.807, 2.05) is 0 Å². The molecule has 0 amide bonds. The van der Waals surface area contributed by atoms with Crippen LogP contribution in [0.3, 0.4) is 0 Å². The minimum absolute atomic E-state index is 0.0830. The Kier molecular flexibility index (Phi) is 4.19. The summed E-state index contributed by atoms with van der Waals surface area (Å²) in [5.74, 6) is -0.988. The van der Waals surface area contributed by atoms with Crippen LogP contribution in [0.1, 0.15) is 27.9 Å². The second-order valence-electron chi connectivity index (χ2n) is 6.02. The molecule has 3 rings (SSSR count). The summed E-state index contributed by atoms with van der Waals surface area (Å²) in [5.41, 5.74) is 1.81. The fourth-order valence-corrected chi connectivity index (χ4v) is 3.92. The Morgan fingerprint density at radius 3 is 2.64 bits per heavy atom. The van der Waals surface area contributed by atoms with Gasteiger partial charge < -0.3 is 4.84 Å². The second kappa shape index (κ2) is 6.07. The largest absolute Gasteiger partial charge is 0.395 e. The molecule has 1 aromatic carbocycles. The van der Waals surface area contributed by atoms with E-state index >= 15 is 0 Å². The highest BCUT2D eigenvalue weighted by atomic mass is 32.2. The van der Waals surface area contributed by atoms with Crippen LogP contribution in [0.5, 0.6) is 0 Å². The van der Waals surface area contributed by atoms with Crippen LogP contribution in [0.15, 0.2) is 27.3 Å². The van der Waals surface area contributed by atoms with Gasteiger partial charge in [0.1, 0.15) is 18.4 Å². The number of hydrogen-bond acceptors (Lipinski definition) is 7. The van der Waals surface area contributed by atoms with Crippen molar-refractivity contribution in [1.29, 1.82) is 5.41 Å². The molecule has 0 aliphatic carbocycles. The van der Waals surface area contributed by atoms with Gasteiger partial charge in [-0.15, -0.1) is 0 Å². The number of carbonyl (C=O) groups is 1. The van der Waals surface area contributed by atoms with Crippen LogP contribution in [0.2, 0.25) is 0 Å². The van der Waals surface area contributed by atoms with Gasteiger partial charge in [-0.3, -0.25) is 15.2 Å². The summed E-state index contributed by atoms with van der Waals surface area (Å²) in [7, 11) is -1.90. The maximum Gasteiger partial charge on any atom is 0.179 e. The smallest absolute Gasteiger partial charge is 0.179 e. The van der Waals surface area contributed by atoms with Gasteiger partial charge >= 0.3 is 0 Å². The number of nitrogens with one attached hydrogen (secondary N) is 1. The summed E-state index contributed by atoms with van der Waals surface area (Å²) in [5, 5.41) is 17.2. The van der Waals surface area contributed by atoms with Crippen molar-refractivity contribution in [3.05, 3.63) is 28.8 Å². The molecule has 0 bridgehead atoms. The Morgan fingerprint density at radius 2 is 2.12 bits per heavy atom.